The van der Waals surface area contributed by atoms with Gasteiger partial charge in [-0.1, -0.05) is 6.08 Å². The van der Waals surface area contributed by atoms with Crippen LogP contribution in [0, 0.1) is 0 Å². The van der Waals surface area contributed by atoms with Crippen LogP contribution >= 0.6 is 0 Å². The molecule has 0 saturated heterocycles. The van der Waals surface area contributed by atoms with Gasteiger partial charge in [-0.3, -0.25) is 4.79 Å². The van der Waals surface area contributed by atoms with Crippen LogP contribution in [0.5, 0.6) is 0 Å². The van der Waals surface area contributed by atoms with E-state index in [2.05, 4.69) is 21.4 Å². The Morgan fingerprint density at radius 2 is 2.13 bits per heavy atom. The Morgan fingerprint density at radius 1 is 1.47 bits per heavy atom. The lowest BCUT2D eigenvalue weighted by molar-refractivity contribution is 0.112. The maximum absolute atomic E-state index is 10.4. The number of hydrogen-bond donors (Lipinski definition) is 0. The first-order valence-corrected chi connectivity index (χ1v) is 5.00. The number of aldehydes is 1. The van der Waals surface area contributed by atoms with Gasteiger partial charge < -0.3 is 4.90 Å². The number of nitrogens with zero attached hydrogens (tertiary/aromatic N) is 3. The van der Waals surface area contributed by atoms with Crippen LogP contribution in [0.2, 0.25) is 0 Å². The quantitative estimate of drug-likeness (QED) is 0.536. The first-order chi connectivity index (χ1) is 7.35. The maximum atomic E-state index is 10.4. The third-order valence-electron chi connectivity index (χ3n) is 2.36. The molecule has 0 aromatic carbocycles. The van der Waals surface area contributed by atoms with Gasteiger partial charge in [-0.15, -0.1) is 6.58 Å². The van der Waals surface area contributed by atoms with Crippen molar-refractivity contribution in [2.75, 3.05) is 11.4 Å². The van der Waals surface area contributed by atoms with Crippen molar-refractivity contribution in [3.8, 4) is 0 Å². The lowest BCUT2D eigenvalue weighted by Crippen LogP contribution is -2.27. The van der Waals surface area contributed by atoms with Gasteiger partial charge >= 0.3 is 0 Å². The van der Waals surface area contributed by atoms with Crippen molar-refractivity contribution in [1.82, 2.24) is 9.97 Å². The summed E-state index contributed by atoms with van der Waals surface area (Å²) >= 11 is 0. The van der Waals surface area contributed by atoms with Gasteiger partial charge in [-0.25, -0.2) is 9.97 Å². The van der Waals surface area contributed by atoms with Crippen molar-refractivity contribution >= 4 is 12.2 Å². The average molecular weight is 203 g/mol. The molecule has 1 fully saturated rings. The molecule has 15 heavy (non-hydrogen) atoms. The minimum atomic E-state index is 0.508. The van der Waals surface area contributed by atoms with Gasteiger partial charge in [-0.2, -0.15) is 0 Å². The summed E-state index contributed by atoms with van der Waals surface area (Å²) in [7, 11) is 0. The average Bonchev–Trinajstić information content (AvgIpc) is 3.10. The molecule has 0 amide bonds. The first kappa shape index (κ1) is 9.83. The normalized spacial score (nSPS) is 14.7. The van der Waals surface area contributed by atoms with Crippen LogP contribution in [0.15, 0.2) is 25.0 Å². The summed E-state index contributed by atoms with van der Waals surface area (Å²) in [5.74, 6) is 0.683. The molecule has 0 spiro atoms. The van der Waals surface area contributed by atoms with Crippen LogP contribution < -0.4 is 4.90 Å². The summed E-state index contributed by atoms with van der Waals surface area (Å²) in [5.41, 5.74) is 0.508. The molecular weight excluding hydrogens is 190 g/mol. The summed E-state index contributed by atoms with van der Waals surface area (Å²) < 4.78 is 0. The van der Waals surface area contributed by atoms with Gasteiger partial charge in [0.1, 0.15) is 0 Å². The summed E-state index contributed by atoms with van der Waals surface area (Å²) in [6, 6.07) is 0.546. The standard InChI is InChI=1S/C11H13N3O/c1-2-5-14(10-3-4-10)11-12-6-9(8-15)7-13-11/h2,6-8,10H,1,3-5H2. The number of rotatable bonds is 5. The molecule has 0 bridgehead atoms. The molecule has 4 nitrogen and oxygen atoms in total. The zero-order valence-corrected chi connectivity index (χ0v) is 8.47. The third-order valence-corrected chi connectivity index (χ3v) is 2.36. The highest BCUT2D eigenvalue weighted by Gasteiger charge is 2.29. The molecule has 2 rings (SSSR count). The fraction of sp³-hybridized carbons (Fsp3) is 0.364. The van der Waals surface area contributed by atoms with Crippen LogP contribution in [0.1, 0.15) is 23.2 Å². The van der Waals surface area contributed by atoms with Crippen LogP contribution in [-0.2, 0) is 0 Å². The number of carbonyl (C=O) groups excluding carboxylic acids is 1. The molecule has 1 aromatic heterocycles. The van der Waals surface area contributed by atoms with E-state index in [1.54, 1.807) is 12.4 Å². The summed E-state index contributed by atoms with van der Waals surface area (Å²) in [6.45, 7) is 4.47. The fourth-order valence-electron chi connectivity index (χ4n) is 1.46. The Balaban J connectivity index is 2.17. The lowest BCUT2D eigenvalue weighted by Gasteiger charge is -2.19. The van der Waals surface area contributed by atoms with Gasteiger partial charge in [0.15, 0.2) is 6.29 Å². The van der Waals surface area contributed by atoms with Crippen LogP contribution in [0.25, 0.3) is 0 Å². The Kier molecular flexibility index (Phi) is 2.76. The van der Waals surface area contributed by atoms with E-state index in [-0.39, 0.29) is 0 Å². The number of anilines is 1. The molecule has 0 N–H and O–H groups in total. The monoisotopic (exact) mass is 203 g/mol. The van der Waals surface area contributed by atoms with Crippen molar-refractivity contribution in [2.45, 2.75) is 18.9 Å². The summed E-state index contributed by atoms with van der Waals surface area (Å²) in [6.07, 6.45) is 8.06. The summed E-state index contributed by atoms with van der Waals surface area (Å²) in [5, 5.41) is 0. The second-order valence-electron chi connectivity index (χ2n) is 3.61. The minimum absolute atomic E-state index is 0.508. The van der Waals surface area contributed by atoms with Crippen LogP contribution in [-0.4, -0.2) is 28.8 Å². The SMILES string of the molecule is C=CCN(c1ncc(C=O)cn1)C1CC1. The van der Waals surface area contributed by atoms with Crippen molar-refractivity contribution in [3.63, 3.8) is 0 Å². The predicted octanol–water partition coefficient (Wildman–Crippen LogP) is 1.44. The molecule has 1 aliphatic rings. The van der Waals surface area contributed by atoms with E-state index in [9.17, 15) is 4.79 Å². The molecule has 0 unspecified atom stereocenters. The third kappa shape index (κ3) is 2.21. The van der Waals surface area contributed by atoms with E-state index >= 15 is 0 Å². The van der Waals surface area contributed by atoms with E-state index < -0.39 is 0 Å². The molecular formula is C11H13N3O. The van der Waals surface area contributed by atoms with Gasteiger partial charge in [0, 0.05) is 25.0 Å². The Bertz CT molecular complexity index is 357. The Morgan fingerprint density at radius 3 is 2.60 bits per heavy atom. The molecule has 1 saturated carbocycles. The van der Waals surface area contributed by atoms with Crippen molar-refractivity contribution in [3.05, 3.63) is 30.6 Å². The Hall–Kier alpha value is -1.71. The largest absolute Gasteiger partial charge is 0.334 e. The first-order valence-electron chi connectivity index (χ1n) is 5.00. The highest BCUT2D eigenvalue weighted by Crippen LogP contribution is 2.29. The summed E-state index contributed by atoms with van der Waals surface area (Å²) in [4.78, 5) is 20.9. The van der Waals surface area contributed by atoms with Crippen molar-refractivity contribution in [1.29, 1.82) is 0 Å². The lowest BCUT2D eigenvalue weighted by atomic mass is 10.4. The van der Waals surface area contributed by atoms with Crippen molar-refractivity contribution in [2.24, 2.45) is 0 Å². The van der Waals surface area contributed by atoms with Gasteiger partial charge in [0.25, 0.3) is 0 Å². The highest BCUT2D eigenvalue weighted by atomic mass is 16.1. The molecule has 0 radical (unpaired) electrons. The van der Waals surface area contributed by atoms with E-state index in [4.69, 9.17) is 0 Å². The van der Waals surface area contributed by atoms with Crippen LogP contribution in [0.4, 0.5) is 5.95 Å². The molecule has 1 aliphatic carbocycles. The zero-order chi connectivity index (χ0) is 10.7. The molecule has 1 heterocycles. The molecule has 0 atom stereocenters. The second kappa shape index (κ2) is 4.21. The molecule has 4 heteroatoms. The van der Waals surface area contributed by atoms with Gasteiger partial charge in [0.05, 0.1) is 5.56 Å². The van der Waals surface area contributed by atoms with E-state index in [0.717, 1.165) is 12.8 Å². The number of aromatic nitrogens is 2. The van der Waals surface area contributed by atoms with Gasteiger partial charge in [0.2, 0.25) is 5.95 Å². The minimum Gasteiger partial charge on any atom is -0.334 e. The molecule has 78 valence electrons. The van der Waals surface area contributed by atoms with Crippen molar-refractivity contribution < 1.29 is 4.79 Å². The second-order valence-corrected chi connectivity index (χ2v) is 3.61. The van der Waals surface area contributed by atoms with Gasteiger partial charge in [-0.05, 0) is 12.8 Å². The predicted molar refractivity (Wildman–Crippen MR) is 58.0 cm³/mol. The zero-order valence-electron chi connectivity index (χ0n) is 8.47. The van der Waals surface area contributed by atoms with E-state index in [1.807, 2.05) is 6.08 Å². The Labute approximate surface area is 88.7 Å². The molecule has 0 aliphatic heterocycles. The number of carbonyl (C=O) groups is 1. The topological polar surface area (TPSA) is 46.1 Å². The maximum Gasteiger partial charge on any atom is 0.225 e. The van der Waals surface area contributed by atoms with E-state index in [0.29, 0.717) is 17.6 Å². The number of hydrogen-bond acceptors (Lipinski definition) is 4. The smallest absolute Gasteiger partial charge is 0.225 e. The van der Waals surface area contributed by atoms with E-state index in [1.165, 1.54) is 12.8 Å². The fourth-order valence-corrected chi connectivity index (χ4v) is 1.46. The molecule has 1 aromatic rings. The van der Waals surface area contributed by atoms with Crippen LogP contribution in [0.3, 0.4) is 0 Å². The highest BCUT2D eigenvalue weighted by molar-refractivity contribution is 5.73.